The average Bonchev–Trinajstić information content (AvgIpc) is 2.54. The molecule has 0 aromatic carbocycles. The van der Waals surface area contributed by atoms with Crippen LogP contribution in [-0.4, -0.2) is 31.5 Å². The molecule has 1 aliphatic rings. The highest BCUT2D eigenvalue weighted by Gasteiger charge is 2.45. The number of nitrogens with two attached hydrogens (primary N) is 1. The number of hydrogen-bond acceptors (Lipinski definition) is 1. The zero-order valence-corrected chi connectivity index (χ0v) is 11.2. The first-order valence-electron chi connectivity index (χ1n) is 4.41. The molecule has 1 unspecified atom stereocenters. The summed E-state index contributed by atoms with van der Waals surface area (Å²) >= 11 is 0. The molecule has 4 heteroatoms. The molecule has 0 aromatic rings. The normalized spacial score (nSPS) is 24.9. The molecule has 0 aliphatic heterocycles. The first kappa shape index (κ1) is 13.0. The minimum atomic E-state index is 0. The monoisotopic (exact) mass is 297 g/mol. The second kappa shape index (κ2) is 4.48. The molecule has 0 bridgehead atoms. The van der Waals surface area contributed by atoms with Crippen molar-refractivity contribution in [3.63, 3.8) is 0 Å². The summed E-state index contributed by atoms with van der Waals surface area (Å²) in [5.41, 5.74) is 6.17. The van der Waals surface area contributed by atoms with Crippen molar-refractivity contribution in [2.45, 2.75) is 20.3 Å². The largest absolute Gasteiger partial charge is 0.370 e. The first-order chi connectivity index (χ1) is 5.43. The molecule has 0 amide bonds. The second-order valence-electron chi connectivity index (χ2n) is 4.48. The number of guanidine groups is 1. The highest BCUT2D eigenvalue weighted by Crippen LogP contribution is 2.51. The number of halogens is 1. The van der Waals surface area contributed by atoms with Gasteiger partial charge < -0.3 is 10.6 Å². The van der Waals surface area contributed by atoms with Gasteiger partial charge >= 0.3 is 0 Å². The van der Waals surface area contributed by atoms with E-state index in [2.05, 4.69) is 18.8 Å². The van der Waals surface area contributed by atoms with E-state index in [9.17, 15) is 0 Å². The first-order valence-corrected chi connectivity index (χ1v) is 4.41. The van der Waals surface area contributed by atoms with Crippen LogP contribution >= 0.6 is 24.0 Å². The van der Waals surface area contributed by atoms with Gasteiger partial charge in [-0.3, -0.25) is 4.99 Å². The lowest BCUT2D eigenvalue weighted by molar-refractivity contribution is 0.556. The van der Waals surface area contributed by atoms with Gasteiger partial charge in [0.25, 0.3) is 0 Å². The Labute approximate surface area is 97.8 Å². The smallest absolute Gasteiger partial charge is 0.190 e. The lowest BCUT2D eigenvalue weighted by atomic mass is 10.1. The summed E-state index contributed by atoms with van der Waals surface area (Å²) in [7, 11) is 3.83. The lowest BCUT2D eigenvalue weighted by Crippen LogP contribution is -2.30. The topological polar surface area (TPSA) is 41.6 Å². The van der Waals surface area contributed by atoms with Crippen molar-refractivity contribution >= 4 is 29.9 Å². The van der Waals surface area contributed by atoms with Crippen molar-refractivity contribution < 1.29 is 0 Å². The zero-order valence-electron chi connectivity index (χ0n) is 8.87. The molecule has 0 saturated heterocycles. The Balaban J connectivity index is 0.00000144. The summed E-state index contributed by atoms with van der Waals surface area (Å²) in [6.07, 6.45) is 1.29. The molecule has 2 N–H and O–H groups in total. The molecule has 0 radical (unpaired) electrons. The summed E-state index contributed by atoms with van der Waals surface area (Å²) in [5, 5.41) is 0. The third-order valence-electron chi connectivity index (χ3n) is 2.65. The van der Waals surface area contributed by atoms with Crippen LogP contribution in [0.25, 0.3) is 0 Å². The van der Waals surface area contributed by atoms with Crippen LogP contribution in [-0.2, 0) is 0 Å². The maximum Gasteiger partial charge on any atom is 0.190 e. The van der Waals surface area contributed by atoms with E-state index in [1.165, 1.54) is 6.42 Å². The maximum atomic E-state index is 5.66. The van der Waals surface area contributed by atoms with Gasteiger partial charge in [-0.1, -0.05) is 13.8 Å². The van der Waals surface area contributed by atoms with Crippen molar-refractivity contribution in [1.82, 2.24) is 4.90 Å². The van der Waals surface area contributed by atoms with Crippen molar-refractivity contribution in [1.29, 1.82) is 0 Å². The molecule has 0 spiro atoms. The molecule has 1 rings (SSSR count). The molecule has 78 valence electrons. The summed E-state index contributed by atoms with van der Waals surface area (Å²) in [6.45, 7) is 5.44. The van der Waals surface area contributed by atoms with Crippen molar-refractivity contribution in [3.05, 3.63) is 0 Å². The number of hydrogen-bond donors (Lipinski definition) is 1. The third-order valence-corrected chi connectivity index (χ3v) is 2.65. The summed E-state index contributed by atoms with van der Waals surface area (Å²) < 4.78 is 0. The summed E-state index contributed by atoms with van der Waals surface area (Å²) in [6, 6.07) is 0. The second-order valence-corrected chi connectivity index (χ2v) is 4.48. The van der Waals surface area contributed by atoms with Crippen LogP contribution < -0.4 is 5.73 Å². The van der Waals surface area contributed by atoms with Gasteiger partial charge in [0.2, 0.25) is 0 Å². The van der Waals surface area contributed by atoms with E-state index >= 15 is 0 Å². The van der Waals surface area contributed by atoms with E-state index in [0.717, 1.165) is 12.5 Å². The lowest BCUT2D eigenvalue weighted by Gasteiger charge is -2.10. The average molecular weight is 297 g/mol. The fourth-order valence-corrected chi connectivity index (χ4v) is 1.23. The number of rotatable bonds is 2. The SMILES string of the molecule is CN(C)C(N)=NCC1CC1(C)C.I. The predicted octanol–water partition coefficient (Wildman–Crippen LogP) is 1.53. The number of aliphatic imine (C=N–C) groups is 1. The van der Waals surface area contributed by atoms with Gasteiger partial charge in [0.1, 0.15) is 0 Å². The molecule has 1 aliphatic carbocycles. The summed E-state index contributed by atoms with van der Waals surface area (Å²) in [5.74, 6) is 1.38. The standard InChI is InChI=1S/C9H19N3.HI/c1-9(2)5-7(9)6-11-8(10)12(3)4;/h7H,5-6H2,1-4H3,(H2,10,11);1H. The van der Waals surface area contributed by atoms with Crippen molar-refractivity contribution in [3.8, 4) is 0 Å². The van der Waals surface area contributed by atoms with Crippen molar-refractivity contribution in [2.75, 3.05) is 20.6 Å². The van der Waals surface area contributed by atoms with Gasteiger partial charge in [-0.2, -0.15) is 0 Å². The van der Waals surface area contributed by atoms with E-state index < -0.39 is 0 Å². The van der Waals surface area contributed by atoms with Crippen LogP contribution in [0.15, 0.2) is 4.99 Å². The fourth-order valence-electron chi connectivity index (χ4n) is 1.23. The van der Waals surface area contributed by atoms with Crippen LogP contribution in [0.4, 0.5) is 0 Å². The Bertz CT molecular complexity index is 199. The molecule has 1 fully saturated rings. The van der Waals surface area contributed by atoms with Gasteiger partial charge in [0, 0.05) is 20.6 Å². The van der Waals surface area contributed by atoms with Crippen LogP contribution in [0.3, 0.4) is 0 Å². The van der Waals surface area contributed by atoms with Crippen LogP contribution in [0, 0.1) is 11.3 Å². The molecule has 1 saturated carbocycles. The van der Waals surface area contributed by atoms with Gasteiger partial charge in [0.15, 0.2) is 5.96 Å². The number of nitrogens with zero attached hydrogens (tertiary/aromatic N) is 2. The van der Waals surface area contributed by atoms with Crippen LogP contribution in [0.1, 0.15) is 20.3 Å². The van der Waals surface area contributed by atoms with Gasteiger partial charge in [-0.15, -0.1) is 24.0 Å². The molecule has 1 atom stereocenters. The van der Waals surface area contributed by atoms with E-state index in [1.54, 1.807) is 0 Å². The molecule has 0 heterocycles. The molecular formula is C9H20IN3. The Hall–Kier alpha value is 0. The van der Waals surface area contributed by atoms with Gasteiger partial charge in [-0.25, -0.2) is 0 Å². The van der Waals surface area contributed by atoms with E-state index in [1.807, 2.05) is 19.0 Å². The Morgan fingerprint density at radius 3 is 2.31 bits per heavy atom. The molecular weight excluding hydrogens is 277 g/mol. The van der Waals surface area contributed by atoms with Gasteiger partial charge in [-0.05, 0) is 17.8 Å². The molecule has 0 aromatic heterocycles. The maximum absolute atomic E-state index is 5.66. The van der Waals surface area contributed by atoms with E-state index in [0.29, 0.717) is 11.4 Å². The molecule has 13 heavy (non-hydrogen) atoms. The van der Waals surface area contributed by atoms with E-state index in [4.69, 9.17) is 5.73 Å². The Kier molecular flexibility index (Phi) is 4.48. The van der Waals surface area contributed by atoms with Crippen molar-refractivity contribution in [2.24, 2.45) is 22.1 Å². The quantitative estimate of drug-likeness (QED) is 0.477. The molecule has 3 nitrogen and oxygen atoms in total. The predicted molar refractivity (Wildman–Crippen MR) is 67.5 cm³/mol. The Morgan fingerprint density at radius 1 is 1.54 bits per heavy atom. The Morgan fingerprint density at radius 2 is 2.00 bits per heavy atom. The van der Waals surface area contributed by atoms with Crippen LogP contribution in [0.2, 0.25) is 0 Å². The van der Waals surface area contributed by atoms with E-state index in [-0.39, 0.29) is 24.0 Å². The fraction of sp³-hybridized carbons (Fsp3) is 0.889. The zero-order chi connectivity index (χ0) is 9.35. The minimum absolute atomic E-state index is 0. The van der Waals surface area contributed by atoms with Gasteiger partial charge in [0.05, 0.1) is 0 Å². The summed E-state index contributed by atoms with van der Waals surface area (Å²) in [4.78, 5) is 6.14. The van der Waals surface area contributed by atoms with Crippen LogP contribution in [0.5, 0.6) is 0 Å². The third kappa shape index (κ3) is 3.70. The highest BCUT2D eigenvalue weighted by atomic mass is 127. The highest BCUT2D eigenvalue weighted by molar-refractivity contribution is 14.0. The minimum Gasteiger partial charge on any atom is -0.370 e.